The van der Waals surface area contributed by atoms with Crippen molar-refractivity contribution in [2.75, 3.05) is 19.6 Å². The van der Waals surface area contributed by atoms with Crippen LogP contribution in [0.3, 0.4) is 0 Å². The molecule has 0 aromatic heterocycles. The lowest BCUT2D eigenvalue weighted by Gasteiger charge is -2.34. The highest BCUT2D eigenvalue weighted by molar-refractivity contribution is 9.10. The Morgan fingerprint density at radius 2 is 1.95 bits per heavy atom. The number of piperidine rings is 1. The molecule has 0 amide bonds. The van der Waals surface area contributed by atoms with Crippen LogP contribution in [0.2, 0.25) is 0 Å². The van der Waals surface area contributed by atoms with Crippen LogP contribution < -0.4 is 5.32 Å². The van der Waals surface area contributed by atoms with E-state index in [2.05, 4.69) is 71.2 Å². The van der Waals surface area contributed by atoms with E-state index >= 15 is 0 Å². The van der Waals surface area contributed by atoms with E-state index in [1.165, 1.54) is 38.0 Å². The molecule has 1 fully saturated rings. The molecule has 1 atom stereocenters. The third-order valence-electron chi connectivity index (χ3n) is 4.05. The highest BCUT2D eigenvalue weighted by Crippen LogP contribution is 2.20. The second-order valence-corrected chi connectivity index (χ2v) is 7.33. The minimum atomic E-state index is 0.425. The van der Waals surface area contributed by atoms with Crippen LogP contribution in [0.1, 0.15) is 45.2 Å². The number of hydrogen-bond donors (Lipinski definition) is 1. The van der Waals surface area contributed by atoms with Crippen molar-refractivity contribution < 1.29 is 0 Å². The maximum atomic E-state index is 3.79. The van der Waals surface area contributed by atoms with Gasteiger partial charge in [-0.3, -0.25) is 0 Å². The molecule has 1 heterocycles. The molecule has 0 aliphatic carbocycles. The van der Waals surface area contributed by atoms with Crippen molar-refractivity contribution in [3.05, 3.63) is 34.3 Å². The molecule has 1 aromatic rings. The van der Waals surface area contributed by atoms with Crippen LogP contribution in [0, 0.1) is 5.92 Å². The van der Waals surface area contributed by atoms with Crippen LogP contribution in [0.4, 0.5) is 0 Å². The van der Waals surface area contributed by atoms with Gasteiger partial charge in [-0.2, -0.15) is 0 Å². The molecular weight excluding hydrogens is 312 g/mol. The molecule has 2 nitrogen and oxygen atoms in total. The van der Waals surface area contributed by atoms with Crippen molar-refractivity contribution >= 4 is 15.9 Å². The molecule has 3 heteroatoms. The standard InChI is InChI=1S/C17H27BrN2/c1-13(2)12-20-9-7-17(8-10-20)19-14(3)15-5-4-6-16(18)11-15/h4-6,11,13-14,17,19H,7-10,12H2,1-3H3/t14-/m0/s1. The van der Waals surface area contributed by atoms with E-state index in [0.29, 0.717) is 12.1 Å². The molecule has 1 N–H and O–H groups in total. The summed E-state index contributed by atoms with van der Waals surface area (Å²) in [5.74, 6) is 0.778. The second kappa shape index (κ2) is 7.58. The molecule has 0 radical (unpaired) electrons. The molecule has 0 saturated carbocycles. The normalized spacial score (nSPS) is 19.4. The topological polar surface area (TPSA) is 15.3 Å². The van der Waals surface area contributed by atoms with Crippen molar-refractivity contribution in [1.29, 1.82) is 0 Å². The first-order chi connectivity index (χ1) is 9.54. The third kappa shape index (κ3) is 4.87. The zero-order chi connectivity index (χ0) is 14.5. The van der Waals surface area contributed by atoms with E-state index < -0.39 is 0 Å². The third-order valence-corrected chi connectivity index (χ3v) is 4.54. The van der Waals surface area contributed by atoms with Gasteiger partial charge in [-0.25, -0.2) is 0 Å². The van der Waals surface area contributed by atoms with Crippen molar-refractivity contribution in [2.24, 2.45) is 5.92 Å². The van der Waals surface area contributed by atoms with Gasteiger partial charge in [0.25, 0.3) is 0 Å². The monoisotopic (exact) mass is 338 g/mol. The van der Waals surface area contributed by atoms with E-state index in [1.807, 2.05) is 0 Å². The average Bonchev–Trinajstić information content (AvgIpc) is 2.40. The van der Waals surface area contributed by atoms with E-state index in [9.17, 15) is 0 Å². The van der Waals surface area contributed by atoms with Crippen LogP contribution in [-0.4, -0.2) is 30.6 Å². The summed E-state index contributed by atoms with van der Waals surface area (Å²) in [5.41, 5.74) is 1.36. The Kier molecular flexibility index (Phi) is 6.06. The zero-order valence-corrected chi connectivity index (χ0v) is 14.5. The van der Waals surface area contributed by atoms with Crippen molar-refractivity contribution in [3.63, 3.8) is 0 Å². The quantitative estimate of drug-likeness (QED) is 0.864. The smallest absolute Gasteiger partial charge is 0.0294 e. The van der Waals surface area contributed by atoms with E-state index in [1.54, 1.807) is 0 Å². The first-order valence-electron chi connectivity index (χ1n) is 7.78. The molecule has 1 aliphatic rings. The van der Waals surface area contributed by atoms with Gasteiger partial charge in [0.05, 0.1) is 0 Å². The minimum absolute atomic E-state index is 0.425. The predicted molar refractivity (Wildman–Crippen MR) is 90.0 cm³/mol. The first-order valence-corrected chi connectivity index (χ1v) is 8.57. The van der Waals surface area contributed by atoms with Crippen LogP contribution in [-0.2, 0) is 0 Å². The van der Waals surface area contributed by atoms with Gasteiger partial charge in [-0.15, -0.1) is 0 Å². The maximum absolute atomic E-state index is 3.79. The average molecular weight is 339 g/mol. The molecule has 20 heavy (non-hydrogen) atoms. The Morgan fingerprint density at radius 1 is 1.25 bits per heavy atom. The summed E-state index contributed by atoms with van der Waals surface area (Å²) in [6, 6.07) is 9.70. The second-order valence-electron chi connectivity index (χ2n) is 6.41. The number of nitrogens with one attached hydrogen (secondary N) is 1. The number of halogens is 1. The number of rotatable bonds is 5. The molecule has 0 unspecified atom stereocenters. The molecule has 1 aliphatic heterocycles. The summed E-state index contributed by atoms with van der Waals surface area (Å²) in [6.45, 7) is 10.6. The van der Waals surface area contributed by atoms with Gasteiger partial charge in [0, 0.05) is 23.1 Å². The molecule has 2 rings (SSSR count). The van der Waals surface area contributed by atoms with Gasteiger partial charge >= 0.3 is 0 Å². The lowest BCUT2D eigenvalue weighted by Crippen LogP contribution is -2.44. The SMILES string of the molecule is CC(C)CN1CCC(N[C@@H](C)c2cccc(Br)c2)CC1. The Labute approximate surface area is 132 Å². The van der Waals surface area contributed by atoms with Gasteiger partial charge in [-0.05, 0) is 56.5 Å². The molecular formula is C17H27BrN2. The van der Waals surface area contributed by atoms with Crippen LogP contribution in [0.25, 0.3) is 0 Å². The Bertz CT molecular complexity index is 411. The molecule has 1 saturated heterocycles. The van der Waals surface area contributed by atoms with E-state index in [0.717, 1.165) is 10.4 Å². The highest BCUT2D eigenvalue weighted by atomic mass is 79.9. The fourth-order valence-corrected chi connectivity index (χ4v) is 3.44. The summed E-state index contributed by atoms with van der Waals surface area (Å²) >= 11 is 3.55. The fraction of sp³-hybridized carbons (Fsp3) is 0.647. The summed E-state index contributed by atoms with van der Waals surface area (Å²) in [5, 5.41) is 3.79. The summed E-state index contributed by atoms with van der Waals surface area (Å²) in [7, 11) is 0. The Balaban J connectivity index is 1.80. The molecule has 0 spiro atoms. The van der Waals surface area contributed by atoms with Gasteiger partial charge in [0.2, 0.25) is 0 Å². The van der Waals surface area contributed by atoms with Crippen LogP contribution >= 0.6 is 15.9 Å². The Hall–Kier alpha value is -0.380. The van der Waals surface area contributed by atoms with E-state index in [-0.39, 0.29) is 0 Å². The number of nitrogens with zero attached hydrogens (tertiary/aromatic N) is 1. The Morgan fingerprint density at radius 3 is 2.55 bits per heavy atom. The van der Waals surface area contributed by atoms with Gasteiger partial charge in [0.15, 0.2) is 0 Å². The van der Waals surface area contributed by atoms with Gasteiger partial charge in [0.1, 0.15) is 0 Å². The number of benzene rings is 1. The molecule has 0 bridgehead atoms. The van der Waals surface area contributed by atoms with E-state index in [4.69, 9.17) is 0 Å². The van der Waals surface area contributed by atoms with Gasteiger partial charge in [-0.1, -0.05) is 41.9 Å². The molecule has 1 aromatic carbocycles. The van der Waals surface area contributed by atoms with Crippen molar-refractivity contribution in [1.82, 2.24) is 10.2 Å². The lowest BCUT2D eigenvalue weighted by atomic mass is 10.0. The summed E-state index contributed by atoms with van der Waals surface area (Å²) < 4.78 is 1.16. The minimum Gasteiger partial charge on any atom is -0.307 e. The van der Waals surface area contributed by atoms with Crippen LogP contribution in [0.15, 0.2) is 28.7 Å². The van der Waals surface area contributed by atoms with Crippen molar-refractivity contribution in [3.8, 4) is 0 Å². The zero-order valence-electron chi connectivity index (χ0n) is 12.9. The summed E-state index contributed by atoms with van der Waals surface area (Å²) in [4.78, 5) is 2.60. The highest BCUT2D eigenvalue weighted by Gasteiger charge is 2.21. The fourth-order valence-electron chi connectivity index (χ4n) is 3.02. The van der Waals surface area contributed by atoms with Crippen molar-refractivity contribution in [2.45, 2.75) is 45.7 Å². The number of likely N-dealkylation sites (tertiary alicyclic amines) is 1. The maximum Gasteiger partial charge on any atom is 0.0294 e. The summed E-state index contributed by atoms with van der Waals surface area (Å²) in [6.07, 6.45) is 2.54. The largest absolute Gasteiger partial charge is 0.307 e. The van der Waals surface area contributed by atoms with Gasteiger partial charge < -0.3 is 10.2 Å². The molecule has 112 valence electrons. The van der Waals surface area contributed by atoms with Crippen LogP contribution in [0.5, 0.6) is 0 Å². The first kappa shape index (κ1) is 16.0. The lowest BCUT2D eigenvalue weighted by molar-refractivity contribution is 0.175. The predicted octanol–water partition coefficient (Wildman–Crippen LogP) is 4.22. The number of hydrogen-bond acceptors (Lipinski definition) is 2.